The standard InChI is InChI=1S/C21H24N2O2/c24-21(20-19-8-4-7-16(19)13-22-20)23-17-9-11-18(12-10-17)25-14-15-5-2-1-3-6-15/h1-3,5-6,9-12,16,19-20,22H,4,7-8,13-14H2,(H,23,24). The predicted octanol–water partition coefficient (Wildman–Crippen LogP) is 3.59. The molecule has 2 aromatic carbocycles. The number of hydrogen-bond donors (Lipinski definition) is 2. The van der Waals surface area contributed by atoms with Crippen molar-refractivity contribution in [3.05, 3.63) is 60.2 Å². The van der Waals surface area contributed by atoms with Gasteiger partial charge in [0.15, 0.2) is 0 Å². The number of benzene rings is 2. The van der Waals surface area contributed by atoms with Gasteiger partial charge in [0.1, 0.15) is 12.4 Å². The minimum absolute atomic E-state index is 0.0403. The highest BCUT2D eigenvalue weighted by Gasteiger charge is 2.42. The average molecular weight is 336 g/mol. The highest BCUT2D eigenvalue weighted by Crippen LogP contribution is 2.38. The van der Waals surface area contributed by atoms with E-state index in [9.17, 15) is 4.79 Å². The van der Waals surface area contributed by atoms with Crippen LogP contribution in [0.4, 0.5) is 5.69 Å². The molecule has 0 aromatic heterocycles. The summed E-state index contributed by atoms with van der Waals surface area (Å²) in [5.74, 6) is 2.09. The molecule has 1 saturated heterocycles. The van der Waals surface area contributed by atoms with Gasteiger partial charge < -0.3 is 15.4 Å². The smallest absolute Gasteiger partial charge is 0.241 e. The molecule has 4 rings (SSSR count). The lowest BCUT2D eigenvalue weighted by Crippen LogP contribution is -2.39. The molecule has 1 aliphatic carbocycles. The Kier molecular flexibility index (Phi) is 4.70. The van der Waals surface area contributed by atoms with E-state index in [1.807, 2.05) is 54.6 Å². The zero-order valence-electron chi connectivity index (χ0n) is 14.3. The van der Waals surface area contributed by atoms with Crippen LogP contribution in [0.3, 0.4) is 0 Å². The number of hydrogen-bond acceptors (Lipinski definition) is 3. The number of nitrogens with one attached hydrogen (secondary N) is 2. The fourth-order valence-corrected chi connectivity index (χ4v) is 4.07. The highest BCUT2D eigenvalue weighted by molar-refractivity contribution is 5.95. The molecule has 1 saturated carbocycles. The largest absolute Gasteiger partial charge is 0.489 e. The maximum atomic E-state index is 12.5. The topological polar surface area (TPSA) is 50.4 Å². The van der Waals surface area contributed by atoms with E-state index in [2.05, 4.69) is 10.6 Å². The lowest BCUT2D eigenvalue weighted by atomic mass is 9.93. The second-order valence-corrected chi connectivity index (χ2v) is 7.03. The third-order valence-electron chi connectivity index (χ3n) is 5.40. The SMILES string of the molecule is O=C(Nc1ccc(OCc2ccccc2)cc1)C1NCC2CCCC21. The zero-order chi connectivity index (χ0) is 17.1. The second-order valence-electron chi connectivity index (χ2n) is 7.03. The first-order valence-electron chi connectivity index (χ1n) is 9.10. The number of rotatable bonds is 5. The number of amides is 1. The second kappa shape index (κ2) is 7.28. The van der Waals surface area contributed by atoms with Crippen LogP contribution in [-0.2, 0) is 11.4 Å². The van der Waals surface area contributed by atoms with Crippen molar-refractivity contribution in [1.29, 1.82) is 0 Å². The van der Waals surface area contributed by atoms with E-state index in [0.717, 1.165) is 23.5 Å². The van der Waals surface area contributed by atoms with E-state index in [-0.39, 0.29) is 11.9 Å². The molecule has 3 unspecified atom stereocenters. The van der Waals surface area contributed by atoms with Gasteiger partial charge in [-0.05, 0) is 61.1 Å². The average Bonchev–Trinajstić information content (AvgIpc) is 3.25. The maximum absolute atomic E-state index is 12.5. The van der Waals surface area contributed by atoms with Crippen molar-refractivity contribution >= 4 is 11.6 Å². The van der Waals surface area contributed by atoms with Crippen molar-refractivity contribution in [2.75, 3.05) is 11.9 Å². The molecule has 2 fully saturated rings. The summed E-state index contributed by atoms with van der Waals surface area (Å²) in [4.78, 5) is 12.5. The van der Waals surface area contributed by atoms with E-state index in [4.69, 9.17) is 4.74 Å². The van der Waals surface area contributed by atoms with Crippen molar-refractivity contribution in [3.8, 4) is 5.75 Å². The van der Waals surface area contributed by atoms with Crippen molar-refractivity contribution in [2.24, 2.45) is 11.8 Å². The number of fused-ring (bicyclic) bond motifs is 1. The van der Waals surface area contributed by atoms with Gasteiger partial charge in [-0.1, -0.05) is 36.8 Å². The molecule has 2 aliphatic rings. The molecule has 1 heterocycles. The van der Waals surface area contributed by atoms with Gasteiger partial charge >= 0.3 is 0 Å². The van der Waals surface area contributed by atoms with Gasteiger partial charge in [0, 0.05) is 5.69 Å². The van der Waals surface area contributed by atoms with Crippen LogP contribution < -0.4 is 15.4 Å². The highest BCUT2D eigenvalue weighted by atomic mass is 16.5. The quantitative estimate of drug-likeness (QED) is 0.877. The molecule has 25 heavy (non-hydrogen) atoms. The lowest BCUT2D eigenvalue weighted by molar-refractivity contribution is -0.118. The third-order valence-corrected chi connectivity index (χ3v) is 5.40. The van der Waals surface area contributed by atoms with E-state index in [1.54, 1.807) is 0 Å². The summed E-state index contributed by atoms with van der Waals surface area (Å²) in [7, 11) is 0. The van der Waals surface area contributed by atoms with Crippen LogP contribution in [0.25, 0.3) is 0 Å². The Balaban J connectivity index is 1.32. The van der Waals surface area contributed by atoms with Crippen LogP contribution in [0.5, 0.6) is 5.75 Å². The van der Waals surface area contributed by atoms with Gasteiger partial charge in [-0.15, -0.1) is 0 Å². The normalized spacial score (nSPS) is 24.7. The summed E-state index contributed by atoms with van der Waals surface area (Å²) in [6.07, 6.45) is 3.69. The van der Waals surface area contributed by atoms with Gasteiger partial charge in [-0.3, -0.25) is 4.79 Å². The van der Waals surface area contributed by atoms with Gasteiger partial charge in [0.25, 0.3) is 0 Å². The van der Waals surface area contributed by atoms with Crippen molar-refractivity contribution in [2.45, 2.75) is 31.9 Å². The molecule has 130 valence electrons. The first-order chi connectivity index (χ1) is 12.3. The van der Waals surface area contributed by atoms with Crippen LogP contribution in [0.15, 0.2) is 54.6 Å². The fourth-order valence-electron chi connectivity index (χ4n) is 4.07. The number of ether oxygens (including phenoxy) is 1. The van der Waals surface area contributed by atoms with Crippen LogP contribution in [0, 0.1) is 11.8 Å². The van der Waals surface area contributed by atoms with E-state index in [0.29, 0.717) is 18.4 Å². The van der Waals surface area contributed by atoms with Gasteiger partial charge in [-0.25, -0.2) is 0 Å². The van der Waals surface area contributed by atoms with Gasteiger partial charge in [0.2, 0.25) is 5.91 Å². The van der Waals surface area contributed by atoms with Crippen LogP contribution in [0.2, 0.25) is 0 Å². The molecular formula is C21H24N2O2. The Morgan fingerprint density at radius 1 is 1.08 bits per heavy atom. The lowest BCUT2D eigenvalue weighted by Gasteiger charge is -2.18. The summed E-state index contributed by atoms with van der Waals surface area (Å²) in [6.45, 7) is 1.52. The Morgan fingerprint density at radius 2 is 1.88 bits per heavy atom. The minimum Gasteiger partial charge on any atom is -0.489 e. The number of carbonyl (C=O) groups excluding carboxylic acids is 1. The monoisotopic (exact) mass is 336 g/mol. The fraction of sp³-hybridized carbons (Fsp3) is 0.381. The van der Waals surface area contributed by atoms with Crippen LogP contribution in [-0.4, -0.2) is 18.5 Å². The van der Waals surface area contributed by atoms with Crippen molar-refractivity contribution in [3.63, 3.8) is 0 Å². The molecule has 4 nitrogen and oxygen atoms in total. The summed E-state index contributed by atoms with van der Waals surface area (Å²) < 4.78 is 5.78. The third kappa shape index (κ3) is 3.69. The Hall–Kier alpha value is -2.33. The summed E-state index contributed by atoms with van der Waals surface area (Å²) >= 11 is 0. The molecule has 0 spiro atoms. The molecule has 0 radical (unpaired) electrons. The number of carbonyl (C=O) groups is 1. The van der Waals surface area contributed by atoms with E-state index >= 15 is 0 Å². The zero-order valence-corrected chi connectivity index (χ0v) is 14.3. The summed E-state index contributed by atoms with van der Waals surface area (Å²) in [5.41, 5.74) is 1.96. The molecule has 2 N–H and O–H groups in total. The summed E-state index contributed by atoms with van der Waals surface area (Å²) in [6, 6.07) is 17.7. The minimum atomic E-state index is -0.0403. The summed E-state index contributed by atoms with van der Waals surface area (Å²) in [5, 5.41) is 6.43. The molecular weight excluding hydrogens is 312 g/mol. The van der Waals surface area contributed by atoms with Gasteiger partial charge in [0.05, 0.1) is 6.04 Å². The first kappa shape index (κ1) is 16.2. The number of anilines is 1. The Bertz CT molecular complexity index is 714. The van der Waals surface area contributed by atoms with Gasteiger partial charge in [-0.2, -0.15) is 0 Å². The Labute approximate surface area is 148 Å². The molecule has 2 aromatic rings. The predicted molar refractivity (Wildman–Crippen MR) is 98.5 cm³/mol. The first-order valence-corrected chi connectivity index (χ1v) is 9.10. The molecule has 4 heteroatoms. The van der Waals surface area contributed by atoms with Crippen LogP contribution in [0.1, 0.15) is 24.8 Å². The molecule has 1 amide bonds. The van der Waals surface area contributed by atoms with Crippen LogP contribution >= 0.6 is 0 Å². The molecule has 0 bridgehead atoms. The van der Waals surface area contributed by atoms with Crippen molar-refractivity contribution in [1.82, 2.24) is 5.32 Å². The maximum Gasteiger partial charge on any atom is 0.241 e. The molecule has 3 atom stereocenters. The van der Waals surface area contributed by atoms with E-state index < -0.39 is 0 Å². The Morgan fingerprint density at radius 3 is 2.68 bits per heavy atom. The van der Waals surface area contributed by atoms with Crippen molar-refractivity contribution < 1.29 is 9.53 Å². The van der Waals surface area contributed by atoms with E-state index in [1.165, 1.54) is 19.3 Å². The molecule has 1 aliphatic heterocycles.